The number of allylic oxidation sites excluding steroid dienone is 2. The smallest absolute Gasteiger partial charge is 0.187 e. The molecule has 3 heteroatoms. The van der Waals surface area contributed by atoms with Gasteiger partial charge < -0.3 is 10.6 Å². The zero-order valence-corrected chi connectivity index (χ0v) is 14.4. The third kappa shape index (κ3) is 4.70. The van der Waals surface area contributed by atoms with Gasteiger partial charge in [0.2, 0.25) is 0 Å². The molecule has 2 N–H and O–H groups in total. The van der Waals surface area contributed by atoms with Gasteiger partial charge in [-0.05, 0) is 47.5 Å². The van der Waals surface area contributed by atoms with Crippen LogP contribution in [0.15, 0.2) is 42.1 Å². The average Bonchev–Trinajstić information content (AvgIpc) is 2.35. The second kappa shape index (κ2) is 6.25. The highest BCUT2D eigenvalue weighted by Gasteiger charge is 2.37. The molecule has 0 aliphatic carbocycles. The third-order valence-corrected chi connectivity index (χ3v) is 4.03. The summed E-state index contributed by atoms with van der Waals surface area (Å²) in [5, 5.41) is 7.21. The molecule has 0 saturated carbocycles. The standard InChI is InChI=1S/C19H28N2O/c1-14(11-17(22)15-9-7-6-8-10-15)20-16-12-18(2,3)21-19(4,5)13-16/h6-11,16,20-21H,12-13H2,1-5H3/b14-11-. The molecule has 1 saturated heterocycles. The minimum absolute atomic E-state index is 0.0538. The number of carbonyl (C=O) groups is 1. The van der Waals surface area contributed by atoms with Crippen LogP contribution in [0.25, 0.3) is 0 Å². The van der Waals surface area contributed by atoms with E-state index in [0.717, 1.165) is 24.1 Å². The fourth-order valence-corrected chi connectivity index (χ4v) is 3.67. The van der Waals surface area contributed by atoms with E-state index in [2.05, 4.69) is 38.3 Å². The molecule has 2 rings (SSSR count). The Bertz CT molecular complexity index is 542. The first-order valence-electron chi connectivity index (χ1n) is 8.00. The van der Waals surface area contributed by atoms with Crippen molar-refractivity contribution in [3.8, 4) is 0 Å². The predicted octanol–water partition coefficient (Wildman–Crippen LogP) is 3.67. The van der Waals surface area contributed by atoms with E-state index in [9.17, 15) is 4.79 Å². The highest BCUT2D eigenvalue weighted by atomic mass is 16.1. The Morgan fingerprint density at radius 2 is 1.68 bits per heavy atom. The maximum atomic E-state index is 12.2. The predicted molar refractivity (Wildman–Crippen MR) is 92.0 cm³/mol. The molecule has 0 amide bonds. The lowest BCUT2D eigenvalue weighted by atomic mass is 9.79. The molecule has 0 atom stereocenters. The van der Waals surface area contributed by atoms with Crippen LogP contribution < -0.4 is 10.6 Å². The molecular formula is C19H28N2O. The Labute approximate surface area is 134 Å². The molecule has 0 unspecified atom stereocenters. The largest absolute Gasteiger partial charge is 0.386 e. The monoisotopic (exact) mass is 300 g/mol. The fourth-order valence-electron chi connectivity index (χ4n) is 3.67. The number of carbonyl (C=O) groups excluding carboxylic acids is 1. The van der Waals surface area contributed by atoms with Crippen LogP contribution in [0.5, 0.6) is 0 Å². The van der Waals surface area contributed by atoms with Gasteiger partial charge in [0.15, 0.2) is 5.78 Å². The summed E-state index contributed by atoms with van der Waals surface area (Å²) in [5.41, 5.74) is 1.87. The quantitative estimate of drug-likeness (QED) is 0.658. The number of nitrogens with one attached hydrogen (secondary N) is 2. The van der Waals surface area contributed by atoms with Crippen molar-refractivity contribution in [2.75, 3.05) is 0 Å². The molecule has 1 heterocycles. The summed E-state index contributed by atoms with van der Waals surface area (Å²) >= 11 is 0. The van der Waals surface area contributed by atoms with Gasteiger partial charge in [0.1, 0.15) is 0 Å². The highest BCUT2D eigenvalue weighted by molar-refractivity contribution is 6.04. The van der Waals surface area contributed by atoms with Gasteiger partial charge >= 0.3 is 0 Å². The zero-order chi connectivity index (χ0) is 16.4. The van der Waals surface area contributed by atoms with Crippen LogP contribution in [0.4, 0.5) is 0 Å². The van der Waals surface area contributed by atoms with E-state index in [-0.39, 0.29) is 16.9 Å². The number of hydrogen-bond acceptors (Lipinski definition) is 3. The molecule has 3 nitrogen and oxygen atoms in total. The molecular weight excluding hydrogens is 272 g/mol. The van der Waals surface area contributed by atoms with Crippen molar-refractivity contribution in [1.82, 2.24) is 10.6 Å². The van der Waals surface area contributed by atoms with Crippen LogP contribution in [0, 0.1) is 0 Å². The van der Waals surface area contributed by atoms with E-state index in [0.29, 0.717) is 6.04 Å². The van der Waals surface area contributed by atoms with Gasteiger partial charge in [-0.2, -0.15) is 0 Å². The van der Waals surface area contributed by atoms with Gasteiger partial charge in [0.05, 0.1) is 0 Å². The Balaban J connectivity index is 2.03. The second-order valence-corrected chi connectivity index (χ2v) is 7.70. The van der Waals surface area contributed by atoms with Crippen molar-refractivity contribution in [2.45, 2.75) is 64.6 Å². The summed E-state index contributed by atoms with van der Waals surface area (Å²) < 4.78 is 0. The van der Waals surface area contributed by atoms with Crippen molar-refractivity contribution in [3.05, 3.63) is 47.7 Å². The molecule has 1 aromatic carbocycles. The first-order valence-corrected chi connectivity index (χ1v) is 8.00. The van der Waals surface area contributed by atoms with Crippen molar-refractivity contribution in [2.24, 2.45) is 0 Å². The Morgan fingerprint density at radius 1 is 1.14 bits per heavy atom. The first-order chi connectivity index (χ1) is 10.2. The summed E-state index contributed by atoms with van der Waals surface area (Å²) in [5.74, 6) is 0.0538. The Morgan fingerprint density at radius 3 is 2.23 bits per heavy atom. The molecule has 1 fully saturated rings. The number of hydrogen-bond donors (Lipinski definition) is 2. The van der Waals surface area contributed by atoms with E-state index in [1.54, 1.807) is 6.08 Å². The van der Waals surface area contributed by atoms with Crippen molar-refractivity contribution in [1.29, 1.82) is 0 Å². The molecule has 22 heavy (non-hydrogen) atoms. The van der Waals surface area contributed by atoms with Crippen LogP contribution >= 0.6 is 0 Å². The van der Waals surface area contributed by atoms with E-state index in [1.165, 1.54) is 0 Å². The first kappa shape index (κ1) is 16.8. The lowest BCUT2D eigenvalue weighted by Gasteiger charge is -2.47. The van der Waals surface area contributed by atoms with Gasteiger partial charge in [0, 0.05) is 34.5 Å². The van der Waals surface area contributed by atoms with Crippen molar-refractivity contribution in [3.63, 3.8) is 0 Å². The van der Waals surface area contributed by atoms with Crippen molar-refractivity contribution < 1.29 is 4.79 Å². The van der Waals surface area contributed by atoms with Crippen LogP contribution in [0.1, 0.15) is 57.8 Å². The lowest BCUT2D eigenvalue weighted by Crippen LogP contribution is -2.61. The maximum absolute atomic E-state index is 12.2. The molecule has 0 spiro atoms. The number of piperidine rings is 1. The van der Waals surface area contributed by atoms with Crippen LogP contribution in [0.3, 0.4) is 0 Å². The Hall–Kier alpha value is -1.61. The number of rotatable bonds is 4. The minimum Gasteiger partial charge on any atom is -0.386 e. The molecule has 0 bridgehead atoms. The Kier molecular flexibility index (Phi) is 4.76. The molecule has 1 aliphatic heterocycles. The van der Waals surface area contributed by atoms with Crippen LogP contribution in [-0.2, 0) is 0 Å². The van der Waals surface area contributed by atoms with E-state index < -0.39 is 0 Å². The molecule has 120 valence electrons. The summed E-state index contributed by atoms with van der Waals surface area (Å²) in [4.78, 5) is 12.2. The van der Waals surface area contributed by atoms with Gasteiger partial charge in [-0.25, -0.2) is 0 Å². The van der Waals surface area contributed by atoms with E-state index in [4.69, 9.17) is 0 Å². The number of ketones is 1. The molecule has 1 aliphatic rings. The summed E-state index contributed by atoms with van der Waals surface area (Å²) in [6.45, 7) is 10.9. The molecule has 1 aromatic rings. The van der Waals surface area contributed by atoms with Gasteiger partial charge in [-0.1, -0.05) is 30.3 Å². The minimum atomic E-state index is 0.0538. The molecule has 0 radical (unpaired) electrons. The van der Waals surface area contributed by atoms with Gasteiger partial charge in [0.25, 0.3) is 0 Å². The second-order valence-electron chi connectivity index (χ2n) is 7.70. The third-order valence-electron chi connectivity index (χ3n) is 4.03. The van der Waals surface area contributed by atoms with Gasteiger partial charge in [-0.3, -0.25) is 4.79 Å². The average molecular weight is 300 g/mol. The van der Waals surface area contributed by atoms with Gasteiger partial charge in [-0.15, -0.1) is 0 Å². The van der Waals surface area contributed by atoms with E-state index >= 15 is 0 Å². The normalized spacial score (nSPS) is 21.4. The topological polar surface area (TPSA) is 41.1 Å². The maximum Gasteiger partial charge on any atom is 0.187 e. The molecule has 0 aromatic heterocycles. The lowest BCUT2D eigenvalue weighted by molar-refractivity contribution is 0.104. The summed E-state index contributed by atoms with van der Waals surface area (Å²) in [7, 11) is 0. The summed E-state index contributed by atoms with van der Waals surface area (Å²) in [6.07, 6.45) is 3.79. The number of benzene rings is 1. The van der Waals surface area contributed by atoms with Crippen LogP contribution in [-0.4, -0.2) is 22.9 Å². The SMILES string of the molecule is C/C(=C/C(=O)c1ccccc1)NC1CC(C)(C)NC(C)(C)C1. The van der Waals surface area contributed by atoms with E-state index in [1.807, 2.05) is 37.3 Å². The highest BCUT2D eigenvalue weighted by Crippen LogP contribution is 2.28. The summed E-state index contributed by atoms with van der Waals surface area (Å²) in [6, 6.07) is 9.78. The van der Waals surface area contributed by atoms with Crippen LogP contribution in [0.2, 0.25) is 0 Å². The van der Waals surface area contributed by atoms with Crippen molar-refractivity contribution >= 4 is 5.78 Å². The fraction of sp³-hybridized carbons (Fsp3) is 0.526. The zero-order valence-electron chi connectivity index (χ0n) is 14.4.